The third kappa shape index (κ3) is 3.37. The molecular formula is C18H19N3O3. The van der Waals surface area contributed by atoms with Gasteiger partial charge in [-0.25, -0.2) is 0 Å². The van der Waals surface area contributed by atoms with Gasteiger partial charge in [0.05, 0.1) is 4.92 Å². The second kappa shape index (κ2) is 6.70. The van der Waals surface area contributed by atoms with E-state index in [2.05, 4.69) is 5.32 Å². The minimum absolute atomic E-state index is 0.0179. The van der Waals surface area contributed by atoms with E-state index >= 15 is 0 Å². The quantitative estimate of drug-likeness (QED) is 0.677. The maximum atomic E-state index is 11.7. The number of rotatable bonds is 5. The van der Waals surface area contributed by atoms with Crippen LogP contribution < -0.4 is 5.32 Å². The van der Waals surface area contributed by atoms with Gasteiger partial charge in [-0.15, -0.1) is 0 Å². The molecule has 3 rings (SSSR count). The number of nitro groups is 1. The van der Waals surface area contributed by atoms with Crippen molar-refractivity contribution < 1.29 is 9.72 Å². The molecule has 24 heavy (non-hydrogen) atoms. The van der Waals surface area contributed by atoms with Crippen LogP contribution in [0.15, 0.2) is 48.5 Å². The van der Waals surface area contributed by atoms with Gasteiger partial charge in [-0.1, -0.05) is 36.4 Å². The molecule has 0 aliphatic carbocycles. The first-order valence-corrected chi connectivity index (χ1v) is 7.84. The van der Waals surface area contributed by atoms with Gasteiger partial charge >= 0.3 is 0 Å². The molecule has 1 amide bonds. The summed E-state index contributed by atoms with van der Waals surface area (Å²) in [6, 6.07) is 14.9. The summed E-state index contributed by atoms with van der Waals surface area (Å²) < 4.78 is 0. The largest absolute Gasteiger partial charge is 0.375 e. The van der Waals surface area contributed by atoms with Crippen molar-refractivity contribution in [3.63, 3.8) is 0 Å². The van der Waals surface area contributed by atoms with Gasteiger partial charge in [0.25, 0.3) is 5.69 Å². The summed E-state index contributed by atoms with van der Waals surface area (Å²) in [5.41, 5.74) is 2.43. The molecule has 0 radical (unpaired) electrons. The molecule has 6 heteroatoms. The van der Waals surface area contributed by atoms with E-state index in [4.69, 9.17) is 0 Å². The maximum absolute atomic E-state index is 11.7. The lowest BCUT2D eigenvalue weighted by molar-refractivity contribution is -0.384. The number of carbonyl (C=O) groups is 1. The summed E-state index contributed by atoms with van der Waals surface area (Å²) in [5.74, 6) is 0.0957. The third-order valence-corrected chi connectivity index (χ3v) is 4.36. The van der Waals surface area contributed by atoms with Gasteiger partial charge in [-0.3, -0.25) is 14.9 Å². The highest BCUT2D eigenvalue weighted by Crippen LogP contribution is 2.33. The number of hydrogen-bond donors (Lipinski definition) is 1. The summed E-state index contributed by atoms with van der Waals surface area (Å²) >= 11 is 0. The highest BCUT2D eigenvalue weighted by molar-refractivity contribution is 5.79. The summed E-state index contributed by atoms with van der Waals surface area (Å²) in [5, 5.41) is 14.5. The van der Waals surface area contributed by atoms with E-state index in [9.17, 15) is 14.9 Å². The SMILES string of the molecule is CN1CC(c2ccc(NCc3ccccc3)c([N+](=O)[O-])c2)CC1=O. The van der Waals surface area contributed by atoms with Gasteiger partial charge in [-0.05, 0) is 17.2 Å². The smallest absolute Gasteiger partial charge is 0.292 e. The average Bonchev–Trinajstić information content (AvgIpc) is 2.93. The number of benzene rings is 2. The van der Waals surface area contributed by atoms with Crippen molar-refractivity contribution in [1.82, 2.24) is 4.90 Å². The van der Waals surface area contributed by atoms with Crippen LogP contribution in [-0.2, 0) is 11.3 Å². The van der Waals surface area contributed by atoms with E-state index in [0.717, 1.165) is 11.1 Å². The minimum atomic E-state index is -0.378. The van der Waals surface area contributed by atoms with Crippen molar-refractivity contribution >= 4 is 17.3 Å². The van der Waals surface area contributed by atoms with Crippen molar-refractivity contribution in [2.45, 2.75) is 18.9 Å². The zero-order valence-corrected chi connectivity index (χ0v) is 13.4. The van der Waals surface area contributed by atoms with Crippen LogP contribution in [0.1, 0.15) is 23.5 Å². The topological polar surface area (TPSA) is 75.5 Å². The monoisotopic (exact) mass is 325 g/mol. The molecular weight excluding hydrogens is 306 g/mol. The lowest BCUT2D eigenvalue weighted by Crippen LogP contribution is -2.18. The first-order valence-electron chi connectivity index (χ1n) is 7.84. The molecule has 1 heterocycles. The molecule has 0 spiro atoms. The number of nitrogens with zero attached hydrogens (tertiary/aromatic N) is 2. The number of amides is 1. The normalized spacial score (nSPS) is 17.1. The second-order valence-corrected chi connectivity index (χ2v) is 6.05. The standard InChI is InChI=1S/C18H19N3O3/c1-20-12-15(10-18(20)22)14-7-8-16(17(9-14)21(23)24)19-11-13-5-3-2-4-6-13/h2-9,15,19H,10-12H2,1H3. The number of nitro benzene ring substituents is 1. The Morgan fingerprint density at radius 1 is 1.25 bits per heavy atom. The predicted molar refractivity (Wildman–Crippen MR) is 91.9 cm³/mol. The fourth-order valence-electron chi connectivity index (χ4n) is 2.98. The van der Waals surface area contributed by atoms with Gasteiger partial charge in [-0.2, -0.15) is 0 Å². The Hall–Kier alpha value is -2.89. The lowest BCUT2D eigenvalue weighted by atomic mass is 9.97. The van der Waals surface area contributed by atoms with Crippen LogP contribution in [0, 0.1) is 10.1 Å². The summed E-state index contributed by atoms with van der Waals surface area (Å²) in [4.78, 5) is 24.4. The van der Waals surface area contributed by atoms with Crippen molar-refractivity contribution in [2.24, 2.45) is 0 Å². The summed E-state index contributed by atoms with van der Waals surface area (Å²) in [7, 11) is 1.76. The van der Waals surface area contributed by atoms with Gasteiger partial charge in [0, 0.05) is 38.5 Å². The Balaban J connectivity index is 1.80. The Labute approximate surface area is 140 Å². The van der Waals surface area contributed by atoms with Crippen molar-refractivity contribution in [3.05, 3.63) is 69.8 Å². The first kappa shape index (κ1) is 16.0. The number of anilines is 1. The van der Waals surface area contributed by atoms with Gasteiger partial charge in [0.2, 0.25) is 5.91 Å². The Kier molecular flexibility index (Phi) is 4.46. The van der Waals surface area contributed by atoms with E-state index in [1.54, 1.807) is 24.1 Å². The minimum Gasteiger partial charge on any atom is -0.375 e. The lowest BCUT2D eigenvalue weighted by Gasteiger charge is -2.13. The molecule has 0 saturated carbocycles. The molecule has 1 saturated heterocycles. The molecule has 1 fully saturated rings. The van der Waals surface area contributed by atoms with Crippen LogP contribution in [0.2, 0.25) is 0 Å². The Morgan fingerprint density at radius 3 is 2.62 bits per heavy atom. The van der Waals surface area contributed by atoms with Gasteiger partial charge in [0.15, 0.2) is 0 Å². The van der Waals surface area contributed by atoms with Crippen LogP contribution in [0.5, 0.6) is 0 Å². The number of likely N-dealkylation sites (tertiary alicyclic amines) is 1. The van der Waals surface area contributed by atoms with E-state index in [-0.39, 0.29) is 22.4 Å². The highest BCUT2D eigenvalue weighted by Gasteiger charge is 2.29. The average molecular weight is 325 g/mol. The molecule has 6 nitrogen and oxygen atoms in total. The molecule has 1 unspecified atom stereocenters. The molecule has 1 N–H and O–H groups in total. The maximum Gasteiger partial charge on any atom is 0.292 e. The third-order valence-electron chi connectivity index (χ3n) is 4.36. The molecule has 1 atom stereocenters. The molecule has 0 bridgehead atoms. The Morgan fingerprint density at radius 2 is 2.00 bits per heavy atom. The molecule has 1 aliphatic heterocycles. The van der Waals surface area contributed by atoms with Crippen LogP contribution >= 0.6 is 0 Å². The van der Waals surface area contributed by atoms with E-state index < -0.39 is 0 Å². The van der Waals surface area contributed by atoms with E-state index in [1.165, 1.54) is 0 Å². The fourth-order valence-corrected chi connectivity index (χ4v) is 2.98. The van der Waals surface area contributed by atoms with Gasteiger partial charge < -0.3 is 10.2 Å². The molecule has 0 aromatic heterocycles. The van der Waals surface area contributed by atoms with E-state index in [0.29, 0.717) is 25.2 Å². The number of nitrogens with one attached hydrogen (secondary N) is 1. The number of carbonyl (C=O) groups excluding carboxylic acids is 1. The highest BCUT2D eigenvalue weighted by atomic mass is 16.6. The van der Waals surface area contributed by atoms with Crippen molar-refractivity contribution in [2.75, 3.05) is 18.9 Å². The zero-order valence-electron chi connectivity index (χ0n) is 13.4. The van der Waals surface area contributed by atoms with Crippen molar-refractivity contribution in [1.29, 1.82) is 0 Å². The zero-order chi connectivity index (χ0) is 17.1. The fraction of sp³-hybridized carbons (Fsp3) is 0.278. The Bertz CT molecular complexity index is 761. The summed E-state index contributed by atoms with van der Waals surface area (Å²) in [6.07, 6.45) is 0.407. The van der Waals surface area contributed by atoms with Crippen LogP contribution in [0.4, 0.5) is 11.4 Å². The second-order valence-electron chi connectivity index (χ2n) is 6.05. The summed E-state index contributed by atoms with van der Waals surface area (Å²) in [6.45, 7) is 1.12. The van der Waals surface area contributed by atoms with Crippen LogP contribution in [0.25, 0.3) is 0 Å². The predicted octanol–water partition coefficient (Wildman–Crippen LogP) is 3.15. The molecule has 124 valence electrons. The van der Waals surface area contributed by atoms with Crippen molar-refractivity contribution in [3.8, 4) is 0 Å². The number of hydrogen-bond acceptors (Lipinski definition) is 4. The molecule has 2 aromatic carbocycles. The van der Waals surface area contributed by atoms with Crippen LogP contribution in [0.3, 0.4) is 0 Å². The molecule has 2 aromatic rings. The number of likely N-dealkylation sites (N-methyl/N-ethyl adjacent to an activating group) is 1. The van der Waals surface area contributed by atoms with Gasteiger partial charge in [0.1, 0.15) is 5.69 Å². The first-order chi connectivity index (χ1) is 11.5. The molecule has 1 aliphatic rings. The van der Waals surface area contributed by atoms with E-state index in [1.807, 2.05) is 36.4 Å². The van der Waals surface area contributed by atoms with Crippen LogP contribution in [-0.4, -0.2) is 29.3 Å².